The van der Waals surface area contributed by atoms with Crippen LogP contribution in [-0.4, -0.2) is 16.6 Å². The molecule has 0 N–H and O–H groups in total. The fourth-order valence-electron chi connectivity index (χ4n) is 2.58. The summed E-state index contributed by atoms with van der Waals surface area (Å²) in [5.41, 5.74) is 0.839. The number of aromatic nitrogens is 1. The van der Waals surface area contributed by atoms with Crippen molar-refractivity contribution in [2.45, 2.75) is 11.4 Å². The highest BCUT2D eigenvalue weighted by Gasteiger charge is 2.21. The Morgan fingerprint density at radius 3 is 2.79 bits per heavy atom. The van der Waals surface area contributed by atoms with Gasteiger partial charge in [-0.1, -0.05) is 27.3 Å². The van der Waals surface area contributed by atoms with E-state index in [9.17, 15) is 9.18 Å². The molecular weight excluding hydrogens is 463 g/mol. The number of thioether (sulfide) groups is 1. The van der Waals surface area contributed by atoms with Gasteiger partial charge in [0.1, 0.15) is 11.6 Å². The molecule has 0 saturated heterocycles. The highest BCUT2D eigenvalue weighted by atomic mass is 79.9. The number of carbonyl (C=O) groups excluding carboxylic acids is 1. The van der Waals surface area contributed by atoms with Crippen LogP contribution in [0.4, 0.5) is 9.52 Å². The van der Waals surface area contributed by atoms with Gasteiger partial charge in [0, 0.05) is 9.37 Å². The number of fused-ring (bicyclic) bond motifs is 1. The molecule has 0 unspecified atom stereocenters. The van der Waals surface area contributed by atoms with Gasteiger partial charge in [0.05, 0.1) is 28.8 Å². The molecule has 0 saturated carbocycles. The second-order valence-corrected chi connectivity index (χ2v) is 8.88. The van der Waals surface area contributed by atoms with Crippen LogP contribution in [0.5, 0.6) is 0 Å². The van der Waals surface area contributed by atoms with Crippen molar-refractivity contribution in [1.82, 2.24) is 4.98 Å². The molecule has 142 valence electrons. The van der Waals surface area contributed by atoms with E-state index in [1.807, 2.05) is 24.3 Å². The Hall–Kier alpha value is -2.16. The molecular formula is C20H14BrFN2O2S2. The van der Waals surface area contributed by atoms with E-state index >= 15 is 0 Å². The Kier molecular flexibility index (Phi) is 5.79. The molecule has 0 aliphatic carbocycles. The Bertz CT molecular complexity index is 1100. The Balaban J connectivity index is 1.58. The van der Waals surface area contributed by atoms with Crippen molar-refractivity contribution in [2.24, 2.45) is 0 Å². The van der Waals surface area contributed by atoms with E-state index in [1.54, 1.807) is 29.4 Å². The summed E-state index contributed by atoms with van der Waals surface area (Å²) in [4.78, 5) is 20.1. The summed E-state index contributed by atoms with van der Waals surface area (Å²) in [6, 6.07) is 15.6. The van der Waals surface area contributed by atoms with Gasteiger partial charge in [-0.2, -0.15) is 0 Å². The minimum Gasteiger partial charge on any atom is -0.467 e. The van der Waals surface area contributed by atoms with Crippen molar-refractivity contribution in [2.75, 3.05) is 10.7 Å². The molecule has 0 aliphatic rings. The van der Waals surface area contributed by atoms with Gasteiger partial charge in [0.15, 0.2) is 5.13 Å². The van der Waals surface area contributed by atoms with Crippen molar-refractivity contribution in [1.29, 1.82) is 0 Å². The van der Waals surface area contributed by atoms with Crippen LogP contribution in [0.25, 0.3) is 10.2 Å². The molecule has 4 rings (SSSR count). The Morgan fingerprint density at radius 1 is 1.21 bits per heavy atom. The number of amides is 1. The number of hydrogen-bond acceptors (Lipinski definition) is 5. The SMILES string of the molecule is O=C(CSc1ccc(F)cc1)N(Cc1ccco1)c1nc2ccc(Br)cc2s1. The highest BCUT2D eigenvalue weighted by molar-refractivity contribution is 9.10. The van der Waals surface area contributed by atoms with E-state index in [4.69, 9.17) is 4.42 Å². The third-order valence-electron chi connectivity index (χ3n) is 3.94. The fourth-order valence-corrected chi connectivity index (χ4v) is 4.88. The van der Waals surface area contributed by atoms with Gasteiger partial charge in [-0.3, -0.25) is 9.69 Å². The maximum atomic E-state index is 13.1. The van der Waals surface area contributed by atoms with Crippen LogP contribution in [0, 0.1) is 5.82 Å². The zero-order chi connectivity index (χ0) is 19.5. The normalized spacial score (nSPS) is 11.1. The first-order valence-corrected chi connectivity index (χ1v) is 11.0. The van der Waals surface area contributed by atoms with E-state index in [0.29, 0.717) is 17.4 Å². The number of thiazole rings is 1. The van der Waals surface area contributed by atoms with Crippen LogP contribution in [0.2, 0.25) is 0 Å². The zero-order valence-corrected chi connectivity index (χ0v) is 17.7. The monoisotopic (exact) mass is 476 g/mol. The lowest BCUT2D eigenvalue weighted by molar-refractivity contribution is -0.116. The molecule has 1 amide bonds. The average Bonchev–Trinajstić information content (AvgIpc) is 3.34. The van der Waals surface area contributed by atoms with Gasteiger partial charge in [-0.05, 0) is 54.6 Å². The van der Waals surface area contributed by atoms with Crippen molar-refractivity contribution in [3.8, 4) is 0 Å². The smallest absolute Gasteiger partial charge is 0.239 e. The van der Waals surface area contributed by atoms with Gasteiger partial charge in [0.2, 0.25) is 5.91 Å². The first kappa shape index (κ1) is 19.2. The first-order valence-electron chi connectivity index (χ1n) is 8.36. The molecule has 0 atom stereocenters. The highest BCUT2D eigenvalue weighted by Crippen LogP contribution is 2.32. The molecule has 2 aromatic carbocycles. The minimum atomic E-state index is -0.296. The molecule has 0 spiro atoms. The fraction of sp³-hybridized carbons (Fsp3) is 0.100. The second kappa shape index (κ2) is 8.46. The maximum absolute atomic E-state index is 13.1. The number of benzene rings is 2. The van der Waals surface area contributed by atoms with Crippen molar-refractivity contribution in [3.63, 3.8) is 0 Å². The topological polar surface area (TPSA) is 46.3 Å². The van der Waals surface area contributed by atoms with Gasteiger partial charge in [-0.15, -0.1) is 11.8 Å². The van der Waals surface area contributed by atoms with Crippen LogP contribution in [-0.2, 0) is 11.3 Å². The number of rotatable bonds is 6. The molecule has 0 fully saturated rings. The minimum absolute atomic E-state index is 0.0937. The van der Waals surface area contributed by atoms with Crippen molar-refractivity contribution in [3.05, 3.63) is 76.9 Å². The molecule has 2 aromatic heterocycles. The summed E-state index contributed by atoms with van der Waals surface area (Å²) in [5, 5.41) is 0.620. The molecule has 8 heteroatoms. The van der Waals surface area contributed by atoms with Crippen LogP contribution >= 0.6 is 39.0 Å². The molecule has 2 heterocycles. The number of halogens is 2. The third kappa shape index (κ3) is 4.45. The first-order chi connectivity index (χ1) is 13.6. The summed E-state index contributed by atoms with van der Waals surface area (Å²) >= 11 is 6.29. The lowest BCUT2D eigenvalue weighted by atomic mass is 10.3. The van der Waals surface area contributed by atoms with Crippen molar-refractivity contribution >= 4 is 60.3 Å². The quantitative estimate of drug-likeness (QED) is 0.314. The lowest BCUT2D eigenvalue weighted by Crippen LogP contribution is -2.31. The number of carbonyl (C=O) groups is 1. The summed E-state index contributed by atoms with van der Waals surface area (Å²) < 4.78 is 20.5. The standard InChI is InChI=1S/C20H14BrFN2O2S2/c21-13-3-8-17-18(10-13)28-20(23-17)24(11-15-2-1-9-26-15)19(25)12-27-16-6-4-14(22)5-7-16/h1-10H,11-12H2. The van der Waals surface area contributed by atoms with Gasteiger partial charge in [-0.25, -0.2) is 9.37 Å². The summed E-state index contributed by atoms with van der Waals surface area (Å²) in [7, 11) is 0. The van der Waals surface area contributed by atoms with E-state index in [-0.39, 0.29) is 17.5 Å². The van der Waals surface area contributed by atoms with Crippen LogP contribution in [0.1, 0.15) is 5.76 Å². The van der Waals surface area contributed by atoms with Crippen LogP contribution < -0.4 is 4.90 Å². The van der Waals surface area contributed by atoms with Crippen LogP contribution in [0.15, 0.2) is 74.6 Å². The summed E-state index contributed by atoms with van der Waals surface area (Å²) in [6.07, 6.45) is 1.58. The largest absolute Gasteiger partial charge is 0.467 e. The van der Waals surface area contributed by atoms with E-state index in [1.165, 1.54) is 35.2 Å². The number of furan rings is 1. The van der Waals surface area contributed by atoms with E-state index in [0.717, 1.165) is 19.6 Å². The van der Waals surface area contributed by atoms with Gasteiger partial charge in [0.25, 0.3) is 0 Å². The average molecular weight is 477 g/mol. The molecule has 4 aromatic rings. The number of anilines is 1. The molecule has 0 aliphatic heterocycles. The zero-order valence-electron chi connectivity index (χ0n) is 14.5. The Labute approximate surface area is 177 Å². The van der Waals surface area contributed by atoms with Crippen LogP contribution in [0.3, 0.4) is 0 Å². The third-order valence-corrected chi connectivity index (χ3v) is 6.47. The second-order valence-electron chi connectivity index (χ2n) is 5.91. The van der Waals surface area contributed by atoms with Gasteiger partial charge < -0.3 is 4.42 Å². The maximum Gasteiger partial charge on any atom is 0.239 e. The molecule has 28 heavy (non-hydrogen) atoms. The number of hydrogen-bond donors (Lipinski definition) is 0. The molecule has 4 nitrogen and oxygen atoms in total. The molecule has 0 bridgehead atoms. The molecule has 0 radical (unpaired) electrons. The van der Waals surface area contributed by atoms with E-state index in [2.05, 4.69) is 20.9 Å². The Morgan fingerprint density at radius 2 is 2.04 bits per heavy atom. The van der Waals surface area contributed by atoms with Crippen molar-refractivity contribution < 1.29 is 13.6 Å². The number of nitrogens with zero attached hydrogens (tertiary/aromatic N) is 2. The lowest BCUT2D eigenvalue weighted by Gasteiger charge is -2.18. The van der Waals surface area contributed by atoms with E-state index < -0.39 is 0 Å². The predicted molar refractivity (Wildman–Crippen MR) is 114 cm³/mol. The summed E-state index contributed by atoms with van der Waals surface area (Å²) in [6.45, 7) is 0.302. The summed E-state index contributed by atoms with van der Waals surface area (Å²) in [5.74, 6) is 0.506. The predicted octanol–water partition coefficient (Wildman–Crippen LogP) is 6.12. The van der Waals surface area contributed by atoms with Gasteiger partial charge >= 0.3 is 0 Å².